The number of ketones is 2. The van der Waals surface area contributed by atoms with Gasteiger partial charge in [-0.2, -0.15) is 13.2 Å². The molecule has 4 aromatic rings. The third-order valence-corrected chi connectivity index (χ3v) is 14.0. The van der Waals surface area contributed by atoms with Crippen molar-refractivity contribution in [1.29, 1.82) is 0 Å². The number of carbonyl (C=O) groups excluding carboxylic acids is 5. The number of aliphatic hydroxyl groups is 1. The summed E-state index contributed by atoms with van der Waals surface area (Å²) in [4.78, 5) is 76.5. The van der Waals surface area contributed by atoms with Crippen molar-refractivity contribution in [2.45, 2.75) is 120 Å². The number of benzene rings is 2. The first-order valence-corrected chi connectivity index (χ1v) is 21.8. The zero-order chi connectivity index (χ0) is 43.4. The third-order valence-electron chi connectivity index (χ3n) is 12.8. The Hall–Kier alpha value is -5.06. The van der Waals surface area contributed by atoms with E-state index >= 15 is 0 Å². The maximum absolute atomic E-state index is 13.6. The molecule has 3 heterocycles. The average Bonchev–Trinajstić information content (AvgIpc) is 3.75. The molecule has 3 saturated carbocycles. The van der Waals surface area contributed by atoms with E-state index in [0.29, 0.717) is 39.9 Å². The van der Waals surface area contributed by atoms with E-state index in [0.717, 1.165) is 84.7 Å². The zero-order valence-corrected chi connectivity index (χ0v) is 35.1. The Morgan fingerprint density at radius 2 is 1.62 bits per heavy atom. The molecule has 12 nitrogen and oxygen atoms in total. The van der Waals surface area contributed by atoms with Gasteiger partial charge in [0, 0.05) is 47.9 Å². The average molecular weight is 859 g/mol. The first kappa shape index (κ1) is 42.6. The monoisotopic (exact) mass is 858 g/mol. The van der Waals surface area contributed by atoms with E-state index in [-0.39, 0.29) is 54.2 Å². The number of halogens is 3. The van der Waals surface area contributed by atoms with Crippen molar-refractivity contribution < 1.29 is 42.3 Å². The number of fused-ring (bicyclic) bond motifs is 2. The van der Waals surface area contributed by atoms with Crippen molar-refractivity contribution in [3.05, 3.63) is 81.6 Å². The normalized spacial score (nSPS) is 23.8. The smallest absolute Gasteiger partial charge is 0.386 e. The molecule has 61 heavy (non-hydrogen) atoms. The van der Waals surface area contributed by atoms with Gasteiger partial charge in [0.15, 0.2) is 5.78 Å². The number of Topliss-reactive ketones (excluding diaryl/α,β-unsaturated/α-hetero) is 2. The Balaban J connectivity index is 0.846. The van der Waals surface area contributed by atoms with E-state index in [9.17, 15) is 42.3 Å². The molecule has 0 bridgehead atoms. The van der Waals surface area contributed by atoms with Gasteiger partial charge in [0.2, 0.25) is 0 Å². The third kappa shape index (κ3) is 8.85. The summed E-state index contributed by atoms with van der Waals surface area (Å²) in [5, 5.41) is 18.2. The van der Waals surface area contributed by atoms with Crippen LogP contribution in [0.5, 0.6) is 0 Å². The topological polar surface area (TPSA) is 162 Å². The zero-order valence-electron chi connectivity index (χ0n) is 34.3. The first-order chi connectivity index (χ1) is 28.9. The number of anilines is 2. The van der Waals surface area contributed by atoms with Crippen LogP contribution in [0.2, 0.25) is 0 Å². The van der Waals surface area contributed by atoms with Crippen molar-refractivity contribution >= 4 is 62.2 Å². The van der Waals surface area contributed by atoms with Crippen molar-refractivity contribution in [3.63, 3.8) is 0 Å². The van der Waals surface area contributed by atoms with E-state index in [4.69, 9.17) is 4.98 Å². The van der Waals surface area contributed by atoms with E-state index < -0.39 is 41.2 Å². The van der Waals surface area contributed by atoms with Crippen LogP contribution < -0.4 is 10.6 Å². The van der Waals surface area contributed by atoms with Crippen LogP contribution in [0.3, 0.4) is 0 Å². The summed E-state index contributed by atoms with van der Waals surface area (Å²) in [5.74, 6) is -1.52. The van der Waals surface area contributed by atoms with Gasteiger partial charge in [-0.25, -0.2) is 9.97 Å². The predicted octanol–water partition coefficient (Wildman–Crippen LogP) is 8.11. The number of amides is 3. The van der Waals surface area contributed by atoms with Gasteiger partial charge in [0.05, 0.1) is 44.4 Å². The second-order valence-electron chi connectivity index (χ2n) is 17.6. The van der Waals surface area contributed by atoms with Crippen LogP contribution in [0, 0.1) is 5.92 Å². The van der Waals surface area contributed by atoms with Gasteiger partial charge in [-0.3, -0.25) is 28.9 Å². The molecule has 4 aliphatic rings. The second-order valence-corrected chi connectivity index (χ2v) is 18.7. The molecule has 1 unspecified atom stereocenters. The molecule has 2 aromatic carbocycles. The highest BCUT2D eigenvalue weighted by molar-refractivity contribution is 7.18. The number of carbonyl (C=O) groups is 5. The lowest BCUT2D eigenvalue weighted by molar-refractivity contribution is -0.141. The van der Waals surface area contributed by atoms with Crippen LogP contribution in [-0.4, -0.2) is 85.9 Å². The van der Waals surface area contributed by atoms with E-state index in [2.05, 4.69) is 27.6 Å². The number of hydrogen-bond acceptors (Lipinski definition) is 11. The van der Waals surface area contributed by atoms with Gasteiger partial charge in [-0.05, 0) is 121 Å². The molecule has 1 aliphatic heterocycles. The number of thiazole rings is 1. The van der Waals surface area contributed by atoms with Gasteiger partial charge in [-0.15, -0.1) is 11.3 Å². The van der Waals surface area contributed by atoms with Crippen molar-refractivity contribution in [1.82, 2.24) is 19.8 Å². The molecule has 3 fully saturated rings. The van der Waals surface area contributed by atoms with Gasteiger partial charge in [-0.1, -0.05) is 12.1 Å². The summed E-state index contributed by atoms with van der Waals surface area (Å²) < 4.78 is 40.6. The highest BCUT2D eigenvalue weighted by atomic mass is 32.1. The van der Waals surface area contributed by atoms with Crippen LogP contribution in [0.15, 0.2) is 48.5 Å². The number of nitrogens with zero attached hydrogens (tertiary/aromatic N) is 4. The number of pyridine rings is 1. The molecular formula is C45H49F3N6O6S. The lowest BCUT2D eigenvalue weighted by Crippen LogP contribution is -2.47. The molecule has 0 spiro atoms. The number of rotatable bonds is 10. The highest BCUT2D eigenvalue weighted by Gasteiger charge is 2.46. The lowest BCUT2D eigenvalue weighted by atomic mass is 9.81. The quantitative estimate of drug-likeness (QED) is 0.105. The van der Waals surface area contributed by atoms with Crippen LogP contribution in [-0.2, 0) is 21.4 Å². The molecule has 1 atom stereocenters. The van der Waals surface area contributed by atoms with Gasteiger partial charge in [0.1, 0.15) is 17.2 Å². The second kappa shape index (κ2) is 16.7. The molecule has 3 amide bonds. The van der Waals surface area contributed by atoms with Gasteiger partial charge < -0.3 is 20.6 Å². The lowest BCUT2D eigenvalue weighted by Gasteiger charge is -2.38. The van der Waals surface area contributed by atoms with Crippen molar-refractivity contribution in [2.75, 3.05) is 24.2 Å². The summed E-state index contributed by atoms with van der Waals surface area (Å²) >= 11 is 1.53. The molecule has 16 heteroatoms. The SMILES string of the molecule is CN(CC1CCC(c2nc3cc(C(C)(C)O)c(NC(=O)c4cccc(C(F)(F)F)n4)cc3s2)CC1)C1CCC(Nc2cccc3c2C(=O)N(C2CCC(=O)CC2=O)C3=O)CC1. The van der Waals surface area contributed by atoms with Gasteiger partial charge >= 0.3 is 6.18 Å². The van der Waals surface area contributed by atoms with Crippen LogP contribution >= 0.6 is 11.3 Å². The summed E-state index contributed by atoms with van der Waals surface area (Å²) in [6.45, 7) is 4.14. The molecule has 0 radical (unpaired) electrons. The molecular weight excluding hydrogens is 810 g/mol. The Morgan fingerprint density at radius 3 is 2.31 bits per heavy atom. The Morgan fingerprint density at radius 1 is 0.902 bits per heavy atom. The van der Waals surface area contributed by atoms with Gasteiger partial charge in [0.25, 0.3) is 17.7 Å². The minimum atomic E-state index is -4.70. The summed E-state index contributed by atoms with van der Waals surface area (Å²) in [6.07, 6.45) is 3.24. The van der Waals surface area contributed by atoms with Crippen LogP contribution in [0.25, 0.3) is 10.2 Å². The number of hydrogen-bond donors (Lipinski definition) is 3. The Kier molecular flexibility index (Phi) is 11.6. The fourth-order valence-corrected chi connectivity index (χ4v) is 10.7. The molecule has 3 aliphatic carbocycles. The molecule has 322 valence electrons. The highest BCUT2D eigenvalue weighted by Crippen LogP contribution is 2.42. The van der Waals surface area contributed by atoms with Crippen LogP contribution in [0.1, 0.15) is 138 Å². The summed E-state index contributed by atoms with van der Waals surface area (Å²) in [6, 6.07) is 11.5. The number of aromatic nitrogens is 2. The number of imide groups is 1. The summed E-state index contributed by atoms with van der Waals surface area (Å²) in [7, 11) is 2.20. The minimum Gasteiger partial charge on any atom is -0.386 e. The molecule has 2 aromatic heterocycles. The first-order valence-electron chi connectivity index (χ1n) is 21.0. The maximum atomic E-state index is 13.6. The fourth-order valence-electron chi connectivity index (χ4n) is 9.55. The molecule has 8 rings (SSSR count). The van der Waals surface area contributed by atoms with Crippen molar-refractivity contribution in [2.24, 2.45) is 5.92 Å². The molecule has 3 N–H and O–H groups in total. The molecule has 0 saturated heterocycles. The van der Waals surface area contributed by atoms with E-state index in [1.54, 1.807) is 38.1 Å². The Labute approximate surface area is 355 Å². The number of nitrogens with one attached hydrogen (secondary N) is 2. The fraction of sp³-hybridized carbons (Fsp3) is 0.489. The van der Waals surface area contributed by atoms with E-state index in [1.165, 1.54) is 17.4 Å². The van der Waals surface area contributed by atoms with Crippen LogP contribution in [0.4, 0.5) is 24.5 Å². The largest absolute Gasteiger partial charge is 0.433 e. The van der Waals surface area contributed by atoms with E-state index in [1.807, 2.05) is 6.07 Å². The minimum absolute atomic E-state index is 0.130. The maximum Gasteiger partial charge on any atom is 0.433 e. The van der Waals surface area contributed by atoms with Crippen molar-refractivity contribution in [3.8, 4) is 0 Å². The standard InChI is InChI=1S/C45H49F3N6O6S/c1-44(2,60)30-21-34-37(22-33(30)51-40(57)32-8-5-9-38(50-32)45(46,47)48)61-41(52-34)25-12-10-24(11-13-25)23-53(3)27-16-14-26(15-17-27)49-31-7-4-6-29-39(31)43(59)54(42(29)58)35-19-18-28(55)20-36(35)56/h4-9,21-22,24-27,35,49,60H,10-20,23H2,1-3H3,(H,51,57). The number of alkyl halides is 3. The summed E-state index contributed by atoms with van der Waals surface area (Å²) in [5.41, 5.74) is -0.362. The Bertz CT molecular complexity index is 2400. The predicted molar refractivity (Wildman–Crippen MR) is 224 cm³/mol.